The van der Waals surface area contributed by atoms with Crippen LogP contribution < -0.4 is 5.46 Å². The summed E-state index contributed by atoms with van der Waals surface area (Å²) in [5, 5.41) is 4.43. The van der Waals surface area contributed by atoms with Crippen molar-refractivity contribution in [3.8, 4) is 0 Å². The maximum absolute atomic E-state index is 5.84. The number of rotatable bonds is 2. The molecule has 0 aromatic carbocycles. The Morgan fingerprint density at radius 1 is 1.39 bits per heavy atom. The van der Waals surface area contributed by atoms with Crippen molar-refractivity contribution in [3.63, 3.8) is 0 Å². The first-order valence-corrected chi connectivity index (χ1v) is 6.55. The van der Waals surface area contributed by atoms with E-state index in [1.165, 1.54) is 0 Å². The summed E-state index contributed by atoms with van der Waals surface area (Å²) in [6, 6.07) is 0.446. The van der Waals surface area contributed by atoms with Gasteiger partial charge in [0.05, 0.1) is 18.2 Å². The highest BCUT2D eigenvalue weighted by atomic mass is 16.7. The standard InChI is InChI=1S/C12H19BN2O3/c1-12(2)9-17-13(18-12)10-7-14-15(8-10)11-3-5-16-6-4-11/h7-8,11H,3-6,9H2,1-2H3. The van der Waals surface area contributed by atoms with E-state index in [0.717, 1.165) is 31.5 Å². The predicted molar refractivity (Wildman–Crippen MR) is 67.8 cm³/mol. The van der Waals surface area contributed by atoms with Gasteiger partial charge in [0.25, 0.3) is 0 Å². The first kappa shape index (κ1) is 12.2. The van der Waals surface area contributed by atoms with E-state index in [1.54, 1.807) is 0 Å². The summed E-state index contributed by atoms with van der Waals surface area (Å²) in [7, 11) is -0.270. The third-order valence-corrected chi connectivity index (χ3v) is 3.47. The molecule has 5 nitrogen and oxygen atoms in total. The lowest BCUT2D eigenvalue weighted by molar-refractivity contribution is 0.0662. The van der Waals surface area contributed by atoms with E-state index in [4.69, 9.17) is 14.0 Å². The van der Waals surface area contributed by atoms with Crippen molar-refractivity contribution in [2.75, 3.05) is 19.8 Å². The highest BCUT2D eigenvalue weighted by Gasteiger charge is 2.39. The summed E-state index contributed by atoms with van der Waals surface area (Å²) in [5.74, 6) is 0. The van der Waals surface area contributed by atoms with Gasteiger partial charge in [-0.3, -0.25) is 4.68 Å². The van der Waals surface area contributed by atoms with Crippen LogP contribution in [0.2, 0.25) is 0 Å². The van der Waals surface area contributed by atoms with Crippen LogP contribution in [0.25, 0.3) is 0 Å². The molecule has 0 atom stereocenters. The molecule has 0 spiro atoms. The number of aromatic nitrogens is 2. The first-order valence-electron chi connectivity index (χ1n) is 6.55. The molecular weight excluding hydrogens is 231 g/mol. The van der Waals surface area contributed by atoms with Crippen molar-refractivity contribution >= 4 is 12.6 Å². The van der Waals surface area contributed by atoms with Crippen LogP contribution in [0, 0.1) is 0 Å². The highest BCUT2D eigenvalue weighted by Crippen LogP contribution is 2.21. The molecule has 6 heteroatoms. The Hall–Kier alpha value is -0.845. The van der Waals surface area contributed by atoms with Gasteiger partial charge in [0, 0.05) is 31.1 Å². The Kier molecular flexibility index (Phi) is 3.17. The normalized spacial score (nSPS) is 24.7. The second-order valence-electron chi connectivity index (χ2n) is 5.62. The molecule has 0 bridgehead atoms. The SMILES string of the molecule is CC1(C)COB(c2cnn(C3CCOCC3)c2)O1. The summed E-state index contributed by atoms with van der Waals surface area (Å²) in [6.45, 7) is 6.35. The topological polar surface area (TPSA) is 45.5 Å². The third kappa shape index (κ3) is 2.46. The van der Waals surface area contributed by atoms with Crippen LogP contribution in [-0.2, 0) is 14.0 Å². The minimum atomic E-state index is -0.270. The average Bonchev–Trinajstić information content (AvgIpc) is 2.96. The average molecular weight is 250 g/mol. The lowest BCUT2D eigenvalue weighted by Gasteiger charge is -2.22. The Morgan fingerprint density at radius 3 is 2.83 bits per heavy atom. The van der Waals surface area contributed by atoms with Crippen molar-refractivity contribution in [2.24, 2.45) is 0 Å². The van der Waals surface area contributed by atoms with Gasteiger partial charge in [-0.2, -0.15) is 5.10 Å². The van der Waals surface area contributed by atoms with Crippen LogP contribution in [-0.4, -0.2) is 42.3 Å². The van der Waals surface area contributed by atoms with E-state index in [-0.39, 0.29) is 12.7 Å². The van der Waals surface area contributed by atoms with E-state index in [0.29, 0.717) is 12.6 Å². The Bertz CT molecular complexity index is 415. The second-order valence-corrected chi connectivity index (χ2v) is 5.62. The maximum Gasteiger partial charge on any atom is 0.497 e. The van der Waals surface area contributed by atoms with Crippen molar-refractivity contribution in [1.82, 2.24) is 9.78 Å². The maximum atomic E-state index is 5.84. The molecule has 2 fully saturated rings. The molecule has 0 unspecified atom stereocenters. The molecule has 18 heavy (non-hydrogen) atoms. The molecule has 98 valence electrons. The first-order chi connectivity index (χ1) is 8.64. The number of hydrogen-bond donors (Lipinski definition) is 0. The van der Waals surface area contributed by atoms with Crippen LogP contribution in [0.5, 0.6) is 0 Å². The van der Waals surface area contributed by atoms with Crippen molar-refractivity contribution in [3.05, 3.63) is 12.4 Å². The van der Waals surface area contributed by atoms with Crippen LogP contribution >= 0.6 is 0 Å². The van der Waals surface area contributed by atoms with Crippen LogP contribution in [0.4, 0.5) is 0 Å². The number of ether oxygens (including phenoxy) is 1. The van der Waals surface area contributed by atoms with Crippen LogP contribution in [0.1, 0.15) is 32.7 Å². The molecule has 1 aromatic rings. The van der Waals surface area contributed by atoms with Gasteiger partial charge in [-0.1, -0.05) is 0 Å². The van der Waals surface area contributed by atoms with Gasteiger partial charge in [0.15, 0.2) is 0 Å². The second kappa shape index (κ2) is 4.68. The zero-order valence-corrected chi connectivity index (χ0v) is 11.0. The molecule has 0 N–H and O–H groups in total. The lowest BCUT2D eigenvalue weighted by Crippen LogP contribution is -2.33. The minimum absolute atomic E-state index is 0.203. The lowest BCUT2D eigenvalue weighted by atomic mass is 9.82. The van der Waals surface area contributed by atoms with Gasteiger partial charge in [0.1, 0.15) is 0 Å². The number of nitrogens with zero attached hydrogens (tertiary/aromatic N) is 2. The van der Waals surface area contributed by atoms with Crippen LogP contribution in [0.15, 0.2) is 12.4 Å². The summed E-state index contributed by atoms with van der Waals surface area (Å²) in [6.07, 6.45) is 5.95. The Morgan fingerprint density at radius 2 is 2.17 bits per heavy atom. The van der Waals surface area contributed by atoms with Gasteiger partial charge >= 0.3 is 7.12 Å². The fourth-order valence-corrected chi connectivity index (χ4v) is 2.42. The van der Waals surface area contributed by atoms with Gasteiger partial charge < -0.3 is 14.0 Å². The minimum Gasteiger partial charge on any atom is -0.404 e. The van der Waals surface area contributed by atoms with Crippen molar-refractivity contribution < 1.29 is 14.0 Å². The zero-order chi connectivity index (χ0) is 12.6. The molecule has 2 saturated heterocycles. The monoisotopic (exact) mass is 250 g/mol. The Labute approximate surface area is 108 Å². The summed E-state index contributed by atoms with van der Waals surface area (Å²) in [4.78, 5) is 0. The van der Waals surface area contributed by atoms with Crippen molar-refractivity contribution in [1.29, 1.82) is 0 Å². The summed E-state index contributed by atoms with van der Waals surface area (Å²) < 4.78 is 18.9. The quantitative estimate of drug-likeness (QED) is 0.727. The molecule has 2 aliphatic rings. The fourth-order valence-electron chi connectivity index (χ4n) is 2.42. The molecule has 3 rings (SSSR count). The van der Waals surface area contributed by atoms with Crippen LogP contribution in [0.3, 0.4) is 0 Å². The van der Waals surface area contributed by atoms with Gasteiger partial charge in [-0.05, 0) is 26.7 Å². The molecule has 0 saturated carbocycles. The Balaban J connectivity index is 1.69. The molecule has 0 amide bonds. The van der Waals surface area contributed by atoms with E-state index < -0.39 is 0 Å². The molecule has 1 aromatic heterocycles. The zero-order valence-electron chi connectivity index (χ0n) is 11.0. The van der Waals surface area contributed by atoms with E-state index >= 15 is 0 Å². The molecule has 3 heterocycles. The van der Waals surface area contributed by atoms with Gasteiger partial charge in [0.2, 0.25) is 0 Å². The highest BCUT2D eigenvalue weighted by molar-refractivity contribution is 6.61. The molecule has 2 aliphatic heterocycles. The smallest absolute Gasteiger partial charge is 0.404 e. The van der Waals surface area contributed by atoms with E-state index in [2.05, 4.69) is 5.10 Å². The predicted octanol–water partition coefficient (Wildman–Crippen LogP) is 0.755. The summed E-state index contributed by atoms with van der Waals surface area (Å²) in [5.41, 5.74) is 0.804. The van der Waals surface area contributed by atoms with E-state index in [1.807, 2.05) is 30.9 Å². The molecule has 0 radical (unpaired) electrons. The fraction of sp³-hybridized carbons (Fsp3) is 0.750. The largest absolute Gasteiger partial charge is 0.497 e. The van der Waals surface area contributed by atoms with Gasteiger partial charge in [-0.25, -0.2) is 0 Å². The van der Waals surface area contributed by atoms with Crippen molar-refractivity contribution in [2.45, 2.75) is 38.3 Å². The summed E-state index contributed by atoms with van der Waals surface area (Å²) >= 11 is 0. The van der Waals surface area contributed by atoms with Gasteiger partial charge in [-0.15, -0.1) is 0 Å². The number of hydrogen-bond acceptors (Lipinski definition) is 4. The third-order valence-electron chi connectivity index (χ3n) is 3.47. The molecular formula is C12H19BN2O3. The van der Waals surface area contributed by atoms with E-state index in [9.17, 15) is 0 Å². The molecule has 0 aliphatic carbocycles.